The van der Waals surface area contributed by atoms with Crippen molar-refractivity contribution in [3.8, 4) is 6.07 Å². The minimum absolute atomic E-state index is 0.0415. The predicted molar refractivity (Wildman–Crippen MR) is 80.9 cm³/mol. The van der Waals surface area contributed by atoms with Crippen LogP contribution in [0.25, 0.3) is 0 Å². The summed E-state index contributed by atoms with van der Waals surface area (Å²) in [6.45, 7) is 0. The number of rotatable bonds is 1. The van der Waals surface area contributed by atoms with Crippen LogP contribution in [0, 0.1) is 17.1 Å². The smallest absolute Gasteiger partial charge is 0.220 e. The van der Waals surface area contributed by atoms with Crippen LogP contribution in [0.5, 0.6) is 0 Å². The van der Waals surface area contributed by atoms with Crippen LogP contribution in [0.15, 0.2) is 58.5 Å². The van der Waals surface area contributed by atoms with Crippen molar-refractivity contribution < 1.29 is 12.8 Å². The first-order valence-electron chi connectivity index (χ1n) is 6.15. The highest BCUT2D eigenvalue weighted by Gasteiger charge is 2.32. The van der Waals surface area contributed by atoms with Gasteiger partial charge in [0.15, 0.2) is 4.91 Å². The molecule has 0 aliphatic carbocycles. The molecule has 1 aliphatic rings. The van der Waals surface area contributed by atoms with E-state index >= 15 is 0 Å². The Hall–Kier alpha value is -2.36. The summed E-state index contributed by atoms with van der Waals surface area (Å²) in [5.74, 6) is -0.471. The van der Waals surface area contributed by atoms with Crippen molar-refractivity contribution in [3.05, 3.63) is 64.4 Å². The van der Waals surface area contributed by atoms with E-state index in [1.54, 1.807) is 12.1 Å². The number of nitrogens with zero attached hydrogens (tertiary/aromatic N) is 2. The number of allylic oxidation sites excluding steroid dienone is 1. The normalized spacial score (nSPS) is 15.7. The van der Waals surface area contributed by atoms with Crippen molar-refractivity contribution in [1.29, 1.82) is 5.26 Å². The quantitative estimate of drug-likeness (QED) is 0.796. The fourth-order valence-corrected chi connectivity index (χ4v) is 3.66. The van der Waals surface area contributed by atoms with Crippen LogP contribution in [-0.4, -0.2) is 8.42 Å². The molecule has 0 spiro atoms. The molecule has 0 unspecified atom stereocenters. The third kappa shape index (κ3) is 2.25. The number of sulfone groups is 1. The van der Waals surface area contributed by atoms with Gasteiger partial charge in [-0.25, -0.2) is 12.8 Å². The molecule has 0 bridgehead atoms. The highest BCUT2D eigenvalue weighted by molar-refractivity contribution is 7.95. The summed E-state index contributed by atoms with van der Waals surface area (Å²) in [5, 5.41) is 9.44. The summed E-state index contributed by atoms with van der Waals surface area (Å²) >= 11 is 5.94. The molecule has 2 aromatic carbocycles. The van der Waals surface area contributed by atoms with Gasteiger partial charge < -0.3 is 4.90 Å². The predicted octanol–water partition coefficient (Wildman–Crippen LogP) is 3.77. The number of nitriles is 1. The lowest BCUT2D eigenvalue weighted by Gasteiger charge is -2.27. The van der Waals surface area contributed by atoms with Crippen LogP contribution in [0.4, 0.5) is 15.8 Å². The summed E-state index contributed by atoms with van der Waals surface area (Å²) in [7, 11) is -3.89. The van der Waals surface area contributed by atoms with Gasteiger partial charge in [-0.1, -0.05) is 17.7 Å². The lowest BCUT2D eigenvalue weighted by Crippen LogP contribution is -2.21. The van der Waals surface area contributed by atoms with Crippen LogP contribution in [0.3, 0.4) is 0 Å². The largest absolute Gasteiger partial charge is 0.314 e. The van der Waals surface area contributed by atoms with Crippen LogP contribution in [0.2, 0.25) is 5.02 Å². The Kier molecular flexibility index (Phi) is 3.39. The van der Waals surface area contributed by atoms with Crippen molar-refractivity contribution in [2.75, 3.05) is 4.90 Å². The van der Waals surface area contributed by atoms with Crippen LogP contribution < -0.4 is 4.90 Å². The van der Waals surface area contributed by atoms with E-state index in [-0.39, 0.29) is 10.6 Å². The number of benzene rings is 2. The van der Waals surface area contributed by atoms with E-state index in [0.29, 0.717) is 10.7 Å². The molecule has 0 amide bonds. The molecule has 0 aromatic heterocycles. The SMILES string of the molecule is N#CC1=CN(c2cccc(F)c2)c2cc(Cl)ccc2S1(=O)=O. The molecule has 0 fully saturated rings. The van der Waals surface area contributed by atoms with E-state index in [1.165, 1.54) is 47.5 Å². The maximum Gasteiger partial charge on any atom is 0.220 e. The second-order valence-corrected chi connectivity index (χ2v) is 6.89. The Morgan fingerprint density at radius 2 is 1.95 bits per heavy atom. The standard InChI is InChI=1S/C15H8ClFN2O2S/c16-10-4-5-15-14(6-10)19(9-13(8-18)22(15,20)21)12-3-1-2-11(17)7-12/h1-7,9H. The van der Waals surface area contributed by atoms with E-state index in [0.717, 1.165) is 0 Å². The maximum atomic E-state index is 13.5. The molecule has 110 valence electrons. The summed E-state index contributed by atoms with van der Waals surface area (Å²) < 4.78 is 38.2. The molecule has 1 aliphatic heterocycles. The van der Waals surface area contributed by atoms with Gasteiger partial charge in [0.05, 0.1) is 10.6 Å². The van der Waals surface area contributed by atoms with Crippen LogP contribution in [0.1, 0.15) is 0 Å². The Balaban J connectivity index is 2.32. The number of anilines is 2. The fourth-order valence-electron chi connectivity index (χ4n) is 2.21. The first-order chi connectivity index (χ1) is 10.4. The molecule has 0 saturated heterocycles. The summed E-state index contributed by atoms with van der Waals surface area (Å²) in [4.78, 5) is 0.982. The Morgan fingerprint density at radius 3 is 2.64 bits per heavy atom. The van der Waals surface area contributed by atoms with Gasteiger partial charge in [-0.2, -0.15) is 5.26 Å². The lowest BCUT2D eigenvalue weighted by atomic mass is 10.2. The molecule has 4 nitrogen and oxygen atoms in total. The molecule has 22 heavy (non-hydrogen) atoms. The number of halogens is 2. The highest BCUT2D eigenvalue weighted by Crippen LogP contribution is 2.40. The third-order valence-electron chi connectivity index (χ3n) is 3.20. The molecule has 3 rings (SSSR count). The van der Waals surface area contributed by atoms with Gasteiger partial charge in [0.2, 0.25) is 9.84 Å². The number of hydrogen-bond acceptors (Lipinski definition) is 4. The van der Waals surface area contributed by atoms with Crippen molar-refractivity contribution >= 4 is 32.8 Å². The topological polar surface area (TPSA) is 61.2 Å². The zero-order valence-electron chi connectivity index (χ0n) is 11.0. The second kappa shape index (κ2) is 5.13. The zero-order valence-corrected chi connectivity index (χ0v) is 12.6. The molecule has 7 heteroatoms. The first-order valence-corrected chi connectivity index (χ1v) is 8.01. The van der Waals surface area contributed by atoms with E-state index in [9.17, 15) is 12.8 Å². The molecule has 0 saturated carbocycles. The Morgan fingerprint density at radius 1 is 1.18 bits per heavy atom. The molecule has 2 aromatic rings. The third-order valence-corrected chi connectivity index (χ3v) is 5.14. The molecular weight excluding hydrogens is 327 g/mol. The van der Waals surface area contributed by atoms with Crippen molar-refractivity contribution in [3.63, 3.8) is 0 Å². The minimum atomic E-state index is -3.89. The zero-order chi connectivity index (χ0) is 15.9. The Labute approximate surface area is 131 Å². The van der Waals surface area contributed by atoms with E-state index in [2.05, 4.69) is 0 Å². The molecule has 0 atom stereocenters. The van der Waals surface area contributed by atoms with Crippen molar-refractivity contribution in [1.82, 2.24) is 0 Å². The monoisotopic (exact) mass is 334 g/mol. The average molecular weight is 335 g/mol. The number of fused-ring (bicyclic) bond motifs is 1. The van der Waals surface area contributed by atoms with Crippen molar-refractivity contribution in [2.24, 2.45) is 0 Å². The van der Waals surface area contributed by atoms with Gasteiger partial charge in [0, 0.05) is 16.9 Å². The van der Waals surface area contributed by atoms with E-state index < -0.39 is 20.6 Å². The second-order valence-electron chi connectivity index (χ2n) is 4.57. The number of hydrogen-bond donors (Lipinski definition) is 0. The molecule has 1 heterocycles. The van der Waals surface area contributed by atoms with Gasteiger partial charge in [-0.15, -0.1) is 0 Å². The Bertz CT molecular complexity index is 948. The fraction of sp³-hybridized carbons (Fsp3) is 0. The van der Waals surface area contributed by atoms with Crippen LogP contribution in [-0.2, 0) is 9.84 Å². The van der Waals surface area contributed by atoms with Gasteiger partial charge >= 0.3 is 0 Å². The lowest BCUT2D eigenvalue weighted by molar-refractivity contribution is 0.602. The maximum absolute atomic E-state index is 13.5. The van der Waals surface area contributed by atoms with Gasteiger partial charge in [-0.05, 0) is 36.4 Å². The summed E-state index contributed by atoms with van der Waals surface area (Å²) in [5.41, 5.74) is 0.670. The van der Waals surface area contributed by atoms with Crippen LogP contribution >= 0.6 is 11.6 Å². The molecule has 0 N–H and O–H groups in total. The molecule has 0 radical (unpaired) electrons. The van der Waals surface area contributed by atoms with Gasteiger partial charge in [0.25, 0.3) is 0 Å². The highest BCUT2D eigenvalue weighted by atomic mass is 35.5. The summed E-state index contributed by atoms with van der Waals surface area (Å²) in [6.07, 6.45) is 1.17. The van der Waals surface area contributed by atoms with Crippen molar-refractivity contribution in [2.45, 2.75) is 4.90 Å². The van der Waals surface area contributed by atoms with E-state index in [4.69, 9.17) is 16.9 Å². The minimum Gasteiger partial charge on any atom is -0.314 e. The van der Waals surface area contributed by atoms with E-state index in [1.807, 2.05) is 0 Å². The van der Waals surface area contributed by atoms with Gasteiger partial charge in [-0.3, -0.25) is 0 Å². The average Bonchev–Trinajstić information content (AvgIpc) is 2.47. The first kappa shape index (κ1) is 14.6. The summed E-state index contributed by atoms with van der Waals surface area (Å²) in [6, 6.07) is 11.5. The molecular formula is C15H8ClFN2O2S. The van der Waals surface area contributed by atoms with Gasteiger partial charge in [0.1, 0.15) is 11.9 Å².